The van der Waals surface area contributed by atoms with Crippen LogP contribution in [0.15, 0.2) is 15.8 Å². The van der Waals surface area contributed by atoms with Crippen LogP contribution in [-0.2, 0) is 4.74 Å². The molecule has 11 heteroatoms. The Bertz CT molecular complexity index is 890. The largest absolute Gasteiger partial charge is 0.394 e. The predicted octanol–water partition coefficient (Wildman–Crippen LogP) is -1.76. The number of aliphatic hydroxyl groups is 2. The second-order valence-corrected chi connectivity index (χ2v) is 5.50. The molecule has 3 atom stereocenters. The number of rotatable bonds is 4. The Morgan fingerprint density at radius 3 is 2.68 bits per heavy atom. The van der Waals surface area contributed by atoms with Gasteiger partial charge in [0.05, 0.1) is 18.3 Å². The molecule has 1 aliphatic heterocycles. The summed E-state index contributed by atoms with van der Waals surface area (Å²) >= 11 is 0. The van der Waals surface area contributed by atoms with Crippen LogP contribution >= 0.6 is 0 Å². The van der Waals surface area contributed by atoms with Gasteiger partial charge in [-0.3, -0.25) is 14.3 Å². The first-order chi connectivity index (χ1) is 12.0. The lowest BCUT2D eigenvalue weighted by molar-refractivity contribution is -0.0459. The summed E-state index contributed by atoms with van der Waals surface area (Å²) in [6.45, 7) is 1.27. The van der Waals surface area contributed by atoms with Gasteiger partial charge in [-0.25, -0.2) is 4.79 Å². The van der Waals surface area contributed by atoms with Gasteiger partial charge in [-0.15, -0.1) is 20.4 Å². The molecule has 1 saturated heterocycles. The van der Waals surface area contributed by atoms with Crippen molar-refractivity contribution >= 4 is 12.2 Å². The summed E-state index contributed by atoms with van der Waals surface area (Å²) in [6.07, 6.45) is 1.81. The maximum absolute atomic E-state index is 12.0. The minimum Gasteiger partial charge on any atom is -0.394 e. The van der Waals surface area contributed by atoms with Crippen molar-refractivity contribution in [3.05, 3.63) is 44.2 Å². The van der Waals surface area contributed by atoms with E-state index in [1.807, 2.05) is 0 Å². The van der Waals surface area contributed by atoms with E-state index in [0.717, 1.165) is 4.57 Å². The third kappa shape index (κ3) is 3.68. The Kier molecular flexibility index (Phi) is 4.79. The Hall–Kier alpha value is -2.76. The van der Waals surface area contributed by atoms with E-state index in [2.05, 4.69) is 25.4 Å². The van der Waals surface area contributed by atoms with Crippen molar-refractivity contribution in [2.45, 2.75) is 31.8 Å². The van der Waals surface area contributed by atoms with Crippen molar-refractivity contribution in [1.82, 2.24) is 29.9 Å². The Labute approximate surface area is 140 Å². The zero-order valence-corrected chi connectivity index (χ0v) is 13.2. The summed E-state index contributed by atoms with van der Waals surface area (Å²) in [5.74, 6) is 0.620. The van der Waals surface area contributed by atoms with E-state index in [-0.39, 0.29) is 24.4 Å². The Morgan fingerprint density at radius 2 is 2.04 bits per heavy atom. The van der Waals surface area contributed by atoms with Crippen LogP contribution < -0.4 is 11.2 Å². The summed E-state index contributed by atoms with van der Waals surface area (Å²) in [4.78, 5) is 26.1. The molecular formula is C14H16N6O5. The highest BCUT2D eigenvalue weighted by atomic mass is 16.5. The molecule has 1 fully saturated rings. The van der Waals surface area contributed by atoms with E-state index in [4.69, 9.17) is 9.84 Å². The number of nitrogens with zero attached hydrogens (tertiary/aromatic N) is 5. The van der Waals surface area contributed by atoms with E-state index in [9.17, 15) is 14.7 Å². The minimum absolute atomic E-state index is 0.120. The summed E-state index contributed by atoms with van der Waals surface area (Å²) in [5.41, 5.74) is -1.11. The number of ether oxygens (including phenoxy) is 1. The van der Waals surface area contributed by atoms with E-state index in [1.54, 1.807) is 6.92 Å². The zero-order valence-electron chi connectivity index (χ0n) is 13.2. The van der Waals surface area contributed by atoms with Gasteiger partial charge >= 0.3 is 5.69 Å². The molecule has 0 unspecified atom stereocenters. The maximum Gasteiger partial charge on any atom is 0.330 e. The SMILES string of the molecule is Cc1nnc(/C=C/c2cn([C@H]3C[C@@H](O)[C@@H](CO)O3)c(=O)[nH]c2=O)nn1. The summed E-state index contributed by atoms with van der Waals surface area (Å²) in [6, 6.07) is 0. The summed E-state index contributed by atoms with van der Waals surface area (Å²) in [5, 5.41) is 34.0. The fraction of sp³-hybridized carbons (Fsp3) is 0.429. The highest BCUT2D eigenvalue weighted by Gasteiger charge is 2.35. The number of hydrogen-bond acceptors (Lipinski definition) is 9. The summed E-state index contributed by atoms with van der Waals surface area (Å²) in [7, 11) is 0. The number of H-pyrrole nitrogens is 1. The molecule has 0 aliphatic carbocycles. The molecule has 3 N–H and O–H groups in total. The highest BCUT2D eigenvalue weighted by molar-refractivity contribution is 5.65. The molecule has 0 radical (unpaired) electrons. The van der Waals surface area contributed by atoms with Crippen molar-refractivity contribution in [3.63, 3.8) is 0 Å². The molecule has 0 bridgehead atoms. The molecule has 132 valence electrons. The second kappa shape index (κ2) is 7.01. The number of aryl methyl sites for hydroxylation is 1. The van der Waals surface area contributed by atoms with Gasteiger partial charge in [-0.2, -0.15) is 0 Å². The standard InChI is InChI=1S/C14H16N6O5/c1-7-16-18-11(19-17-7)3-2-8-5-20(14(24)15-13(8)23)12-4-9(22)10(6-21)25-12/h2-3,5,9-10,12,21-22H,4,6H2,1H3,(H,15,23,24)/b3-2+/t9-,10-,12-/m1/s1. The molecule has 3 heterocycles. The topological polar surface area (TPSA) is 156 Å². The first-order valence-electron chi connectivity index (χ1n) is 7.50. The average Bonchev–Trinajstić information content (AvgIpc) is 2.96. The lowest BCUT2D eigenvalue weighted by Crippen LogP contribution is -2.33. The van der Waals surface area contributed by atoms with Gasteiger partial charge in [0, 0.05) is 12.6 Å². The Balaban J connectivity index is 1.90. The average molecular weight is 348 g/mol. The van der Waals surface area contributed by atoms with Crippen molar-refractivity contribution in [3.8, 4) is 0 Å². The van der Waals surface area contributed by atoms with Gasteiger partial charge in [0.25, 0.3) is 5.56 Å². The molecule has 11 nitrogen and oxygen atoms in total. The van der Waals surface area contributed by atoms with E-state index >= 15 is 0 Å². The van der Waals surface area contributed by atoms with Crippen LogP contribution in [0.5, 0.6) is 0 Å². The van der Waals surface area contributed by atoms with Crippen molar-refractivity contribution in [2.75, 3.05) is 6.61 Å². The van der Waals surface area contributed by atoms with Gasteiger partial charge in [0.2, 0.25) is 0 Å². The number of aromatic amines is 1. The van der Waals surface area contributed by atoms with Crippen LogP contribution in [0.2, 0.25) is 0 Å². The maximum atomic E-state index is 12.0. The van der Waals surface area contributed by atoms with E-state index in [0.29, 0.717) is 5.82 Å². The van der Waals surface area contributed by atoms with E-state index < -0.39 is 29.7 Å². The van der Waals surface area contributed by atoms with Crippen LogP contribution in [0, 0.1) is 6.92 Å². The predicted molar refractivity (Wildman–Crippen MR) is 84.2 cm³/mol. The van der Waals surface area contributed by atoms with Gasteiger partial charge < -0.3 is 14.9 Å². The number of hydrogen-bond donors (Lipinski definition) is 3. The van der Waals surface area contributed by atoms with Crippen molar-refractivity contribution in [2.24, 2.45) is 0 Å². The lowest BCUT2D eigenvalue weighted by atomic mass is 10.2. The Morgan fingerprint density at radius 1 is 1.32 bits per heavy atom. The van der Waals surface area contributed by atoms with Gasteiger partial charge in [-0.1, -0.05) is 0 Å². The van der Waals surface area contributed by atoms with Crippen molar-refractivity contribution in [1.29, 1.82) is 0 Å². The minimum atomic E-state index is -0.897. The van der Waals surface area contributed by atoms with Gasteiger partial charge in [0.15, 0.2) is 11.6 Å². The van der Waals surface area contributed by atoms with Crippen LogP contribution in [0.25, 0.3) is 12.2 Å². The third-order valence-corrected chi connectivity index (χ3v) is 3.70. The first-order valence-corrected chi connectivity index (χ1v) is 7.50. The molecule has 3 rings (SSSR count). The second-order valence-electron chi connectivity index (χ2n) is 5.50. The zero-order chi connectivity index (χ0) is 18.0. The number of aliphatic hydroxyl groups excluding tert-OH is 2. The number of nitrogens with one attached hydrogen (secondary N) is 1. The van der Waals surface area contributed by atoms with Crippen molar-refractivity contribution < 1.29 is 14.9 Å². The molecule has 2 aromatic heterocycles. The third-order valence-electron chi connectivity index (χ3n) is 3.70. The van der Waals surface area contributed by atoms with Gasteiger partial charge in [-0.05, 0) is 19.1 Å². The summed E-state index contributed by atoms with van der Waals surface area (Å²) < 4.78 is 6.59. The molecule has 0 aromatic carbocycles. The normalized spacial score (nSPS) is 23.4. The smallest absolute Gasteiger partial charge is 0.330 e. The molecule has 0 amide bonds. The molecule has 25 heavy (non-hydrogen) atoms. The quantitative estimate of drug-likeness (QED) is 0.582. The molecule has 0 spiro atoms. The lowest BCUT2D eigenvalue weighted by Gasteiger charge is -2.14. The molecule has 2 aromatic rings. The molecular weight excluding hydrogens is 332 g/mol. The molecule has 1 aliphatic rings. The first kappa shape index (κ1) is 17.1. The fourth-order valence-electron chi connectivity index (χ4n) is 2.40. The van der Waals surface area contributed by atoms with Crippen LogP contribution in [0.1, 0.15) is 29.9 Å². The monoisotopic (exact) mass is 348 g/mol. The van der Waals surface area contributed by atoms with Crippen LogP contribution in [0.4, 0.5) is 0 Å². The van der Waals surface area contributed by atoms with Gasteiger partial charge in [0.1, 0.15) is 12.3 Å². The number of aromatic nitrogens is 6. The van der Waals surface area contributed by atoms with Crippen LogP contribution in [-0.4, -0.2) is 59.0 Å². The van der Waals surface area contributed by atoms with E-state index in [1.165, 1.54) is 18.3 Å². The fourth-order valence-corrected chi connectivity index (χ4v) is 2.40. The highest BCUT2D eigenvalue weighted by Crippen LogP contribution is 2.27. The molecule has 0 saturated carbocycles. The van der Waals surface area contributed by atoms with Crippen LogP contribution in [0.3, 0.4) is 0 Å².